The lowest BCUT2D eigenvalue weighted by Crippen LogP contribution is -2.51. The molecule has 5 atom stereocenters. The molecule has 5 N–H and O–H groups in total. The molecule has 0 spiro atoms. The second kappa shape index (κ2) is 19.2. The van der Waals surface area contributed by atoms with Crippen LogP contribution in [0.2, 0.25) is 0 Å². The normalized spacial score (nSPS) is 18.7. The van der Waals surface area contributed by atoms with Crippen molar-refractivity contribution in [2.24, 2.45) is 17.8 Å². The average Bonchev–Trinajstić information content (AvgIpc) is 4.12. The van der Waals surface area contributed by atoms with E-state index in [1.807, 2.05) is 52.0 Å². The monoisotopic (exact) mass is 895 g/mol. The van der Waals surface area contributed by atoms with Crippen LogP contribution in [-0.4, -0.2) is 114 Å². The van der Waals surface area contributed by atoms with Crippen LogP contribution in [0, 0.1) is 17.8 Å². The summed E-state index contributed by atoms with van der Waals surface area (Å²) in [5, 5.41) is 7.48. The maximum Gasteiger partial charge on any atom is 0.407 e. The number of methoxy groups -OCH3 is 2. The van der Waals surface area contributed by atoms with Gasteiger partial charge in [-0.3, -0.25) is 9.59 Å². The molecular formula is C46H57N9O8S. The summed E-state index contributed by atoms with van der Waals surface area (Å²) in [5.41, 5.74) is 5.54. The van der Waals surface area contributed by atoms with E-state index in [9.17, 15) is 27.6 Å². The van der Waals surface area contributed by atoms with Crippen molar-refractivity contribution in [1.82, 2.24) is 45.1 Å². The minimum absolute atomic E-state index is 0.121. The molecule has 2 aliphatic rings. The number of amides is 4. The summed E-state index contributed by atoms with van der Waals surface area (Å²) in [6, 6.07) is 18.4. The second-order valence-electron chi connectivity index (χ2n) is 17.4. The number of imidazole rings is 2. The molecule has 0 aliphatic carbocycles. The van der Waals surface area contributed by atoms with Gasteiger partial charge in [0.2, 0.25) is 21.8 Å². The smallest absolute Gasteiger partial charge is 0.407 e. The van der Waals surface area contributed by atoms with Crippen molar-refractivity contribution in [3.8, 4) is 33.6 Å². The number of rotatable bonds is 14. The number of nitrogens with one attached hydrogen (secondary N) is 5. The Bertz CT molecular complexity index is 2610. The van der Waals surface area contributed by atoms with Crippen LogP contribution in [0.1, 0.15) is 70.7 Å². The molecule has 5 aromatic rings. The van der Waals surface area contributed by atoms with Gasteiger partial charge in [-0.25, -0.2) is 32.7 Å². The van der Waals surface area contributed by atoms with Gasteiger partial charge in [0.15, 0.2) is 0 Å². The molecule has 0 bridgehead atoms. The number of carbonyl (C=O) groups excluding carboxylic acids is 4. The maximum absolute atomic E-state index is 14.0. The quantitative estimate of drug-likeness (QED) is 0.0856. The molecule has 64 heavy (non-hydrogen) atoms. The number of benzene rings is 3. The Morgan fingerprint density at radius 3 is 1.78 bits per heavy atom. The van der Waals surface area contributed by atoms with Gasteiger partial charge in [0.05, 0.1) is 56.3 Å². The third-order valence-corrected chi connectivity index (χ3v) is 12.8. The number of hydrogen-bond acceptors (Lipinski definition) is 10. The molecule has 1 unspecified atom stereocenters. The molecule has 0 radical (unpaired) electrons. The fraction of sp³-hybridized carbons (Fsp3) is 0.435. The van der Waals surface area contributed by atoms with Crippen molar-refractivity contribution in [3.05, 3.63) is 84.7 Å². The van der Waals surface area contributed by atoms with Crippen LogP contribution in [0.15, 0.2) is 73.1 Å². The van der Waals surface area contributed by atoms with Crippen molar-refractivity contribution in [3.63, 3.8) is 0 Å². The van der Waals surface area contributed by atoms with Crippen LogP contribution < -0.4 is 15.4 Å². The summed E-state index contributed by atoms with van der Waals surface area (Å²) in [7, 11) is -0.919. The maximum atomic E-state index is 14.0. The molecule has 2 fully saturated rings. The highest BCUT2D eigenvalue weighted by atomic mass is 32.2. The minimum atomic E-state index is -3.44. The Morgan fingerprint density at radius 1 is 0.719 bits per heavy atom. The van der Waals surface area contributed by atoms with E-state index in [0.29, 0.717) is 24.6 Å². The van der Waals surface area contributed by atoms with Crippen LogP contribution in [0.3, 0.4) is 0 Å². The zero-order chi connectivity index (χ0) is 45.9. The topological polar surface area (TPSA) is 221 Å². The first-order valence-corrected chi connectivity index (χ1v) is 23.4. The molecule has 4 heterocycles. The van der Waals surface area contributed by atoms with Gasteiger partial charge in [-0.15, -0.1) is 0 Å². The lowest BCUT2D eigenvalue weighted by Gasteiger charge is -2.30. The Balaban J connectivity index is 1.05. The van der Waals surface area contributed by atoms with Gasteiger partial charge in [0, 0.05) is 25.2 Å². The summed E-state index contributed by atoms with van der Waals surface area (Å²) in [4.78, 5) is 71.5. The average molecular weight is 896 g/mol. The van der Waals surface area contributed by atoms with E-state index in [2.05, 4.69) is 61.7 Å². The number of aromatic nitrogens is 4. The van der Waals surface area contributed by atoms with Crippen molar-refractivity contribution >= 4 is 44.8 Å². The zero-order valence-electron chi connectivity index (χ0n) is 37.2. The number of sulfonamides is 1. The van der Waals surface area contributed by atoms with E-state index >= 15 is 0 Å². The molecule has 0 saturated carbocycles. The molecule has 17 nitrogen and oxygen atoms in total. The first-order chi connectivity index (χ1) is 30.5. The van der Waals surface area contributed by atoms with Crippen LogP contribution in [0.4, 0.5) is 9.59 Å². The highest BCUT2D eigenvalue weighted by Crippen LogP contribution is 2.37. The van der Waals surface area contributed by atoms with Crippen molar-refractivity contribution in [2.75, 3.05) is 40.1 Å². The Morgan fingerprint density at radius 2 is 1.22 bits per heavy atom. The summed E-state index contributed by atoms with van der Waals surface area (Å²) in [6.07, 6.45) is 5.35. The van der Waals surface area contributed by atoms with E-state index in [-0.39, 0.29) is 48.7 Å². The van der Waals surface area contributed by atoms with Gasteiger partial charge in [0.1, 0.15) is 23.7 Å². The molecule has 18 heteroatoms. The van der Waals surface area contributed by atoms with Crippen molar-refractivity contribution < 1.29 is 37.1 Å². The molecule has 340 valence electrons. The van der Waals surface area contributed by atoms with Gasteiger partial charge in [-0.2, -0.15) is 0 Å². The SMILES string of the molecule is COC(=O)NC(C(=O)N1C[C@@H](CNS(C)(=O)=O)C[C@H]1c1ncc(-c2ccc(-c3ccc4cc(-c5cnc([C@@H]6CCCN6C(=O)[C@@H](NC(=O)OC)C(C)C)[nH]5)ccc4c3)cc2)[nH]1)C(C)C. The van der Waals surface area contributed by atoms with E-state index in [1.165, 1.54) is 14.2 Å². The van der Waals surface area contributed by atoms with E-state index in [1.54, 1.807) is 22.2 Å². The lowest BCUT2D eigenvalue weighted by atomic mass is 9.98. The van der Waals surface area contributed by atoms with Gasteiger partial charge < -0.3 is 39.9 Å². The van der Waals surface area contributed by atoms with Gasteiger partial charge in [-0.05, 0) is 76.6 Å². The number of alkyl carbamates (subject to hydrolysis) is 2. The predicted molar refractivity (Wildman–Crippen MR) is 242 cm³/mol. The van der Waals surface area contributed by atoms with Gasteiger partial charge in [0.25, 0.3) is 0 Å². The number of hydrogen-bond donors (Lipinski definition) is 5. The molecule has 2 saturated heterocycles. The first kappa shape index (κ1) is 45.7. The second-order valence-corrected chi connectivity index (χ2v) is 19.2. The summed E-state index contributed by atoms with van der Waals surface area (Å²) in [6.45, 7) is 8.48. The number of carbonyl (C=O) groups is 4. The summed E-state index contributed by atoms with van der Waals surface area (Å²) in [5.74, 6) is 0.285. The zero-order valence-corrected chi connectivity index (χ0v) is 38.0. The summed E-state index contributed by atoms with van der Waals surface area (Å²) >= 11 is 0. The van der Waals surface area contributed by atoms with Crippen LogP contribution in [0.5, 0.6) is 0 Å². The van der Waals surface area contributed by atoms with Gasteiger partial charge >= 0.3 is 12.2 Å². The Labute approximate surface area is 373 Å². The van der Waals surface area contributed by atoms with Crippen LogP contribution in [0.25, 0.3) is 44.4 Å². The fourth-order valence-corrected chi connectivity index (χ4v) is 9.19. The van der Waals surface area contributed by atoms with Crippen LogP contribution in [-0.2, 0) is 29.1 Å². The molecule has 2 aliphatic heterocycles. The molecule has 7 rings (SSSR count). The van der Waals surface area contributed by atoms with E-state index in [4.69, 9.17) is 19.4 Å². The number of fused-ring (bicyclic) bond motifs is 1. The number of H-pyrrole nitrogens is 2. The number of ether oxygens (including phenoxy) is 2. The van der Waals surface area contributed by atoms with Crippen molar-refractivity contribution in [2.45, 2.75) is 71.1 Å². The Kier molecular flexibility index (Phi) is 13.7. The van der Waals surface area contributed by atoms with Crippen LogP contribution >= 0.6 is 0 Å². The lowest BCUT2D eigenvalue weighted by molar-refractivity contribution is -0.136. The standard InChI is InChI=1S/C46H57N9O8S/c1-26(2)39(52-45(58)62-5)43(56)54-18-8-9-37(54)41-47-24-36(51-41)34-17-16-32-20-31(14-15-33(32)21-34)29-10-12-30(13-11-29)35-23-48-42(50-35)38-19-28(22-49-64(7,60)61)25-55(38)44(57)40(27(3)4)53-46(59)63-6/h10-17,20-21,23-24,26-28,37-40,49H,8-9,18-19,22,25H2,1-7H3,(H,47,51)(H,48,50)(H,52,58)(H,53,59)/t28-,37+,38+,39+,40?/m1/s1. The molecule has 2 aromatic heterocycles. The van der Waals surface area contributed by atoms with E-state index < -0.39 is 40.3 Å². The number of aromatic amines is 2. The number of likely N-dealkylation sites (tertiary alicyclic amines) is 2. The molecule has 3 aromatic carbocycles. The highest BCUT2D eigenvalue weighted by molar-refractivity contribution is 7.88. The number of nitrogens with zero attached hydrogens (tertiary/aromatic N) is 4. The predicted octanol–water partition coefficient (Wildman–Crippen LogP) is 6.15. The highest BCUT2D eigenvalue weighted by Gasteiger charge is 2.42. The largest absolute Gasteiger partial charge is 0.453 e. The van der Waals surface area contributed by atoms with Crippen molar-refractivity contribution in [1.29, 1.82) is 0 Å². The van der Waals surface area contributed by atoms with E-state index in [0.717, 1.165) is 63.5 Å². The molecule has 4 amide bonds. The molecular weight excluding hydrogens is 839 g/mol. The minimum Gasteiger partial charge on any atom is -0.453 e. The third-order valence-electron chi connectivity index (χ3n) is 12.1. The fourth-order valence-electron chi connectivity index (χ4n) is 8.65. The van der Waals surface area contributed by atoms with Gasteiger partial charge in [-0.1, -0.05) is 76.2 Å². The Hall–Kier alpha value is -6.27. The third kappa shape index (κ3) is 10.2. The summed E-state index contributed by atoms with van der Waals surface area (Å²) < 4.78 is 36.0. The first-order valence-electron chi connectivity index (χ1n) is 21.5.